The highest BCUT2D eigenvalue weighted by Crippen LogP contribution is 2.46. The van der Waals surface area contributed by atoms with E-state index >= 15 is 0 Å². The van der Waals surface area contributed by atoms with Crippen molar-refractivity contribution in [2.45, 2.75) is 0 Å². The monoisotopic (exact) mass is 1460 g/mol. The smallest absolute Gasteiger partial charge is 0.238 e. The van der Waals surface area contributed by atoms with E-state index in [4.69, 9.17) is 38.7 Å². The van der Waals surface area contributed by atoms with Crippen molar-refractivity contribution in [3.8, 4) is 91.1 Å². The maximum Gasteiger partial charge on any atom is 0.238 e. The third-order valence-electron chi connectivity index (χ3n) is 22.4. The summed E-state index contributed by atoms with van der Waals surface area (Å²) in [4.78, 5) is 31.9. The van der Waals surface area contributed by atoms with Gasteiger partial charge in [-0.3, -0.25) is 9.13 Å². The number of furan rings is 2. The Balaban J connectivity index is 0.000000135. The SMILES string of the molecule is c1ccc(-c2cccc(-c3nc(-c4cccc5c4oc4ccccc45)nc(-n4c5ccccc5c5ccc6c7ccccc7n(-c7ccccc7)c6c54)n3)c2)cc1.c1ccc(-c2cccc(-n3c4ccccc4c4ccc5c6ccccc6n(-c6nc(-c7ccccc7)nc(-c7cccc8c7oc7ccccc78)n6)c5c43)c2)cc1. The molecule has 12 nitrogen and oxygen atoms in total. The zero-order valence-electron chi connectivity index (χ0n) is 61.1. The van der Waals surface area contributed by atoms with Crippen LogP contribution in [0, 0.1) is 0 Å². The van der Waals surface area contributed by atoms with E-state index < -0.39 is 0 Å². The van der Waals surface area contributed by atoms with E-state index in [2.05, 4.69) is 309 Å². The minimum atomic E-state index is 0.525. The second-order valence-electron chi connectivity index (χ2n) is 28.8. The maximum atomic E-state index is 6.58. The molecule has 0 amide bonds. The van der Waals surface area contributed by atoms with Crippen molar-refractivity contribution in [2.75, 3.05) is 0 Å². The Kier molecular flexibility index (Phi) is 14.7. The summed E-state index contributed by atoms with van der Waals surface area (Å²) in [7, 11) is 0. The summed E-state index contributed by atoms with van der Waals surface area (Å²) >= 11 is 0. The molecule has 0 unspecified atom stereocenters. The third kappa shape index (κ3) is 10.2. The van der Waals surface area contributed by atoms with E-state index in [0.717, 1.165) is 171 Å². The number of aromatic nitrogens is 10. The Labute approximate surface area is 651 Å². The minimum absolute atomic E-state index is 0.525. The fourth-order valence-corrected chi connectivity index (χ4v) is 17.3. The van der Waals surface area contributed by atoms with E-state index in [1.54, 1.807) is 0 Å². The topological polar surface area (TPSA) is 123 Å². The summed E-state index contributed by atoms with van der Waals surface area (Å²) in [5, 5.41) is 13.3. The van der Waals surface area contributed by atoms with Gasteiger partial charge in [0.2, 0.25) is 11.9 Å². The van der Waals surface area contributed by atoms with Crippen LogP contribution in [0.1, 0.15) is 0 Å². The van der Waals surface area contributed by atoms with E-state index in [9.17, 15) is 0 Å². The van der Waals surface area contributed by atoms with Crippen LogP contribution >= 0.6 is 0 Å². The molecule has 0 radical (unpaired) electrons. The molecule has 0 aliphatic heterocycles. The lowest BCUT2D eigenvalue weighted by molar-refractivity contribution is 0.669. The van der Waals surface area contributed by atoms with Gasteiger partial charge in [-0.25, -0.2) is 9.97 Å². The molecule has 24 rings (SSSR count). The highest BCUT2D eigenvalue weighted by atomic mass is 16.3. The van der Waals surface area contributed by atoms with Crippen LogP contribution in [0.2, 0.25) is 0 Å². The van der Waals surface area contributed by atoms with E-state index in [1.165, 1.54) is 16.3 Å². The van der Waals surface area contributed by atoms with Crippen LogP contribution in [0.25, 0.3) is 222 Å². The summed E-state index contributed by atoms with van der Waals surface area (Å²) in [5.41, 5.74) is 21.7. The molecule has 12 heteroatoms. The van der Waals surface area contributed by atoms with Crippen LogP contribution in [0.5, 0.6) is 0 Å². The molecular formula is C102H62N10O2. The lowest BCUT2D eigenvalue weighted by Gasteiger charge is -2.14. The molecule has 0 atom stereocenters. The predicted molar refractivity (Wildman–Crippen MR) is 464 cm³/mol. The quantitative estimate of drug-likeness (QED) is 0.133. The van der Waals surface area contributed by atoms with Crippen molar-refractivity contribution in [3.63, 3.8) is 0 Å². The molecule has 24 aromatic rings. The fourth-order valence-electron chi connectivity index (χ4n) is 17.3. The van der Waals surface area contributed by atoms with Crippen LogP contribution in [0.15, 0.2) is 385 Å². The second-order valence-corrected chi connectivity index (χ2v) is 28.8. The van der Waals surface area contributed by atoms with Gasteiger partial charge in [-0.2, -0.15) is 19.9 Å². The number of benzene rings is 16. The van der Waals surface area contributed by atoms with Crippen molar-refractivity contribution in [2.24, 2.45) is 0 Å². The molecule has 532 valence electrons. The first-order valence-corrected chi connectivity index (χ1v) is 38.2. The van der Waals surface area contributed by atoms with Gasteiger partial charge in [0.05, 0.1) is 55.3 Å². The summed E-state index contributed by atoms with van der Waals surface area (Å²) < 4.78 is 22.4. The van der Waals surface area contributed by atoms with Crippen molar-refractivity contribution in [1.82, 2.24) is 48.2 Å². The Morgan fingerprint density at radius 2 is 0.491 bits per heavy atom. The molecule has 0 aliphatic carbocycles. The zero-order chi connectivity index (χ0) is 74.9. The van der Waals surface area contributed by atoms with E-state index in [0.29, 0.717) is 35.2 Å². The van der Waals surface area contributed by atoms with Crippen LogP contribution in [0.4, 0.5) is 0 Å². The summed E-state index contributed by atoms with van der Waals surface area (Å²) in [6, 6.07) is 131. The lowest BCUT2D eigenvalue weighted by Crippen LogP contribution is -2.07. The van der Waals surface area contributed by atoms with Gasteiger partial charge in [0.25, 0.3) is 0 Å². The molecule has 16 aromatic carbocycles. The number of fused-ring (bicyclic) bond motifs is 20. The van der Waals surface area contributed by atoms with Gasteiger partial charge < -0.3 is 18.0 Å². The van der Waals surface area contributed by atoms with Gasteiger partial charge in [0, 0.05) is 87.1 Å². The lowest BCUT2D eigenvalue weighted by atomic mass is 10.0. The van der Waals surface area contributed by atoms with Gasteiger partial charge in [0.15, 0.2) is 23.3 Å². The second kappa shape index (κ2) is 26.0. The fraction of sp³-hybridized carbons (Fsp3) is 0. The van der Waals surface area contributed by atoms with Crippen molar-refractivity contribution in [1.29, 1.82) is 0 Å². The molecule has 0 N–H and O–H groups in total. The molecule has 0 spiro atoms. The van der Waals surface area contributed by atoms with Gasteiger partial charge >= 0.3 is 0 Å². The zero-order valence-corrected chi connectivity index (χ0v) is 61.1. The Bertz CT molecular complexity index is 7990. The van der Waals surface area contributed by atoms with Crippen molar-refractivity contribution >= 4 is 131 Å². The minimum Gasteiger partial charge on any atom is -0.455 e. The molecule has 0 aliphatic rings. The maximum absolute atomic E-state index is 6.58. The molecule has 0 saturated heterocycles. The number of para-hydroxylation sites is 9. The molecule has 0 saturated carbocycles. The third-order valence-corrected chi connectivity index (χ3v) is 22.4. The normalized spacial score (nSPS) is 11.9. The van der Waals surface area contributed by atoms with Crippen LogP contribution in [-0.4, -0.2) is 48.2 Å². The van der Waals surface area contributed by atoms with Gasteiger partial charge in [-0.15, -0.1) is 0 Å². The number of rotatable bonds is 10. The summed E-state index contributed by atoms with van der Waals surface area (Å²) in [6.07, 6.45) is 0. The molecular weight excluding hydrogens is 1400 g/mol. The Morgan fingerprint density at radius 1 is 0.184 bits per heavy atom. The van der Waals surface area contributed by atoms with Gasteiger partial charge in [-0.1, -0.05) is 297 Å². The number of hydrogen-bond acceptors (Lipinski definition) is 8. The van der Waals surface area contributed by atoms with Crippen molar-refractivity contribution in [3.05, 3.63) is 376 Å². The largest absolute Gasteiger partial charge is 0.455 e. The Hall–Kier alpha value is -15.7. The first kappa shape index (κ1) is 64.3. The van der Waals surface area contributed by atoms with Crippen molar-refractivity contribution < 1.29 is 8.83 Å². The highest BCUT2D eigenvalue weighted by Gasteiger charge is 2.28. The first-order chi connectivity index (χ1) is 56.6. The summed E-state index contributed by atoms with van der Waals surface area (Å²) in [5.74, 6) is 3.28. The van der Waals surface area contributed by atoms with Gasteiger partial charge in [0.1, 0.15) is 22.3 Å². The highest BCUT2D eigenvalue weighted by molar-refractivity contribution is 6.26. The van der Waals surface area contributed by atoms with E-state index in [1.807, 2.05) is 84.9 Å². The van der Waals surface area contributed by atoms with Crippen LogP contribution in [-0.2, 0) is 0 Å². The van der Waals surface area contributed by atoms with E-state index in [-0.39, 0.29) is 0 Å². The average molecular weight is 1460 g/mol. The predicted octanol–water partition coefficient (Wildman–Crippen LogP) is 25.9. The summed E-state index contributed by atoms with van der Waals surface area (Å²) in [6.45, 7) is 0. The first-order valence-electron chi connectivity index (χ1n) is 38.2. The molecule has 8 heterocycles. The number of hydrogen-bond donors (Lipinski definition) is 0. The van der Waals surface area contributed by atoms with Gasteiger partial charge in [-0.05, 0) is 101 Å². The molecule has 114 heavy (non-hydrogen) atoms. The molecule has 8 aromatic heterocycles. The average Bonchev–Trinajstić information content (AvgIpc) is 1.55. The number of nitrogens with zero attached hydrogens (tertiary/aromatic N) is 10. The van der Waals surface area contributed by atoms with Crippen LogP contribution in [0.3, 0.4) is 0 Å². The molecule has 0 bridgehead atoms. The standard InChI is InChI=1S/2C51H31N5O/c1-3-15-32(16-4-1)33-17-13-18-34(31-33)49-52-50(42-25-14-24-41-38-23-9-12-28-45(38)57-48(41)42)54-51(53-49)56-44-27-11-8-22-37(44)40-30-29-39-36-21-7-10-26-43(36)55(46(39)47(40)56)35-19-5-2-6-20-35;1-3-15-32(16-4-1)34-19-13-20-35(31-34)55-43-26-10-7-21-36(43)39-29-30-40-37-22-8-11-27-44(37)56(47(40)46(39)55)51-53-49(33-17-5-2-6-18-33)52-50(54-51)42-25-14-24-41-38-23-9-12-28-45(38)57-48(41)42/h2*1-31H. The van der Waals surface area contributed by atoms with Crippen LogP contribution < -0.4 is 0 Å². The molecule has 0 fully saturated rings. The Morgan fingerprint density at radius 3 is 0.956 bits per heavy atom.